The molecule has 0 unspecified atom stereocenters. The second-order valence-corrected chi connectivity index (χ2v) is 7.47. The van der Waals surface area contributed by atoms with Crippen molar-refractivity contribution in [2.45, 2.75) is 64.0 Å². The van der Waals surface area contributed by atoms with Crippen LogP contribution >= 0.6 is 0 Å². The summed E-state index contributed by atoms with van der Waals surface area (Å²) in [5.41, 5.74) is 1.05. The molecule has 4 heteroatoms. The lowest BCUT2D eigenvalue weighted by molar-refractivity contribution is 0.102. The Hall–Kier alpha value is -1.26. The zero-order chi connectivity index (χ0) is 16.9. The van der Waals surface area contributed by atoms with Crippen LogP contribution in [0.1, 0.15) is 52.0 Å². The molecule has 1 aromatic rings. The number of rotatable bonds is 7. The minimum atomic E-state index is -0.495. The molecule has 1 atom stereocenters. The van der Waals surface area contributed by atoms with Gasteiger partial charge in [-0.05, 0) is 36.5 Å². The Labute approximate surface area is 140 Å². The Morgan fingerprint density at radius 3 is 2.57 bits per heavy atom. The second-order valence-electron chi connectivity index (χ2n) is 7.47. The van der Waals surface area contributed by atoms with Crippen LogP contribution < -0.4 is 14.8 Å². The van der Waals surface area contributed by atoms with Crippen molar-refractivity contribution in [1.29, 1.82) is 0 Å². The Bertz CT molecular complexity index is 490. The molecular weight excluding hydrogens is 290 g/mol. The first-order valence-corrected chi connectivity index (χ1v) is 8.63. The molecule has 2 rings (SSSR count). The van der Waals surface area contributed by atoms with Crippen molar-refractivity contribution in [1.82, 2.24) is 5.32 Å². The van der Waals surface area contributed by atoms with E-state index in [1.807, 2.05) is 18.2 Å². The fourth-order valence-corrected chi connectivity index (χ4v) is 3.03. The van der Waals surface area contributed by atoms with Gasteiger partial charge >= 0.3 is 0 Å². The third-order valence-corrected chi connectivity index (χ3v) is 4.42. The largest absolute Gasteiger partial charge is 0.497 e. The highest BCUT2D eigenvalue weighted by Crippen LogP contribution is 2.34. The lowest BCUT2D eigenvalue weighted by Crippen LogP contribution is -2.36. The van der Waals surface area contributed by atoms with E-state index in [0.717, 1.165) is 17.1 Å². The summed E-state index contributed by atoms with van der Waals surface area (Å²) < 4.78 is 11.2. The maximum absolute atomic E-state index is 10.2. The Kier molecular flexibility index (Phi) is 6.31. The molecule has 1 aliphatic rings. The van der Waals surface area contributed by atoms with E-state index in [0.29, 0.717) is 19.2 Å². The van der Waals surface area contributed by atoms with Gasteiger partial charge in [0.15, 0.2) is 0 Å². The first kappa shape index (κ1) is 18.1. The molecule has 0 bridgehead atoms. The number of methoxy groups -OCH3 is 1. The standard InChI is InChI=1S/C19H31NO3/c1-19(2,3)17-11-16(22-4)9-10-18(17)23-13-15(21)12-20-14-7-5-6-8-14/h9-11,14-15,20-21H,5-8,12-13H2,1-4H3/t15-/m0/s1. The first-order valence-electron chi connectivity index (χ1n) is 8.63. The number of hydrogen-bond acceptors (Lipinski definition) is 4. The molecule has 1 aliphatic carbocycles. The summed E-state index contributed by atoms with van der Waals surface area (Å²) >= 11 is 0. The number of hydrogen-bond donors (Lipinski definition) is 2. The average molecular weight is 321 g/mol. The molecule has 0 radical (unpaired) electrons. The molecule has 0 aliphatic heterocycles. The predicted octanol–water partition coefficient (Wildman–Crippen LogP) is 3.26. The van der Waals surface area contributed by atoms with Crippen molar-refractivity contribution in [3.63, 3.8) is 0 Å². The number of nitrogens with one attached hydrogen (secondary N) is 1. The molecule has 0 amide bonds. The third kappa shape index (κ3) is 5.40. The summed E-state index contributed by atoms with van der Waals surface area (Å²) in [4.78, 5) is 0. The van der Waals surface area contributed by atoms with Crippen molar-refractivity contribution >= 4 is 0 Å². The quantitative estimate of drug-likeness (QED) is 0.809. The van der Waals surface area contributed by atoms with Gasteiger partial charge in [-0.3, -0.25) is 0 Å². The van der Waals surface area contributed by atoms with Crippen molar-refractivity contribution in [3.8, 4) is 11.5 Å². The van der Waals surface area contributed by atoms with E-state index in [9.17, 15) is 5.11 Å². The minimum absolute atomic E-state index is 0.0447. The lowest BCUT2D eigenvalue weighted by atomic mass is 9.86. The van der Waals surface area contributed by atoms with E-state index in [1.54, 1.807) is 7.11 Å². The zero-order valence-electron chi connectivity index (χ0n) is 14.9. The van der Waals surface area contributed by atoms with Crippen LogP contribution in [0.3, 0.4) is 0 Å². The van der Waals surface area contributed by atoms with E-state index in [1.165, 1.54) is 25.7 Å². The van der Waals surface area contributed by atoms with Gasteiger partial charge in [-0.15, -0.1) is 0 Å². The van der Waals surface area contributed by atoms with Crippen LogP contribution in [0, 0.1) is 0 Å². The highest BCUT2D eigenvalue weighted by molar-refractivity contribution is 5.44. The number of aliphatic hydroxyl groups is 1. The fraction of sp³-hybridized carbons (Fsp3) is 0.684. The van der Waals surface area contributed by atoms with Crippen molar-refractivity contribution < 1.29 is 14.6 Å². The minimum Gasteiger partial charge on any atom is -0.497 e. The molecule has 4 nitrogen and oxygen atoms in total. The summed E-state index contributed by atoms with van der Waals surface area (Å²) in [5, 5.41) is 13.6. The van der Waals surface area contributed by atoms with E-state index in [-0.39, 0.29) is 5.41 Å². The average Bonchev–Trinajstić information content (AvgIpc) is 3.03. The maximum Gasteiger partial charge on any atom is 0.123 e. The van der Waals surface area contributed by atoms with Crippen LogP contribution in [0.25, 0.3) is 0 Å². The van der Waals surface area contributed by atoms with Gasteiger partial charge in [0.2, 0.25) is 0 Å². The Morgan fingerprint density at radius 2 is 1.96 bits per heavy atom. The molecule has 0 saturated heterocycles. The molecule has 130 valence electrons. The zero-order valence-corrected chi connectivity index (χ0v) is 14.9. The summed E-state index contributed by atoms with van der Waals surface area (Å²) in [7, 11) is 1.67. The van der Waals surface area contributed by atoms with Crippen LogP contribution in [-0.4, -0.2) is 37.5 Å². The fourth-order valence-electron chi connectivity index (χ4n) is 3.03. The van der Waals surface area contributed by atoms with Gasteiger partial charge in [-0.2, -0.15) is 0 Å². The van der Waals surface area contributed by atoms with Gasteiger partial charge in [-0.1, -0.05) is 33.6 Å². The van der Waals surface area contributed by atoms with Gasteiger partial charge in [0, 0.05) is 18.2 Å². The van der Waals surface area contributed by atoms with Crippen LogP contribution in [0.2, 0.25) is 0 Å². The van der Waals surface area contributed by atoms with Crippen molar-refractivity contribution in [2.24, 2.45) is 0 Å². The SMILES string of the molecule is COc1ccc(OC[C@@H](O)CNC2CCCC2)c(C(C)(C)C)c1. The molecule has 0 spiro atoms. The second kappa shape index (κ2) is 8.02. The first-order chi connectivity index (χ1) is 10.9. The van der Waals surface area contributed by atoms with E-state index in [4.69, 9.17) is 9.47 Å². The molecular formula is C19H31NO3. The van der Waals surface area contributed by atoms with Gasteiger partial charge in [0.25, 0.3) is 0 Å². The smallest absolute Gasteiger partial charge is 0.123 e. The summed E-state index contributed by atoms with van der Waals surface area (Å²) in [6, 6.07) is 6.40. The van der Waals surface area contributed by atoms with Crippen molar-refractivity contribution in [3.05, 3.63) is 23.8 Å². The predicted molar refractivity (Wildman–Crippen MR) is 93.5 cm³/mol. The molecule has 23 heavy (non-hydrogen) atoms. The van der Waals surface area contributed by atoms with Crippen LogP contribution in [0.15, 0.2) is 18.2 Å². The maximum atomic E-state index is 10.2. The topological polar surface area (TPSA) is 50.7 Å². The van der Waals surface area contributed by atoms with E-state index >= 15 is 0 Å². The van der Waals surface area contributed by atoms with Crippen LogP contribution in [-0.2, 0) is 5.41 Å². The van der Waals surface area contributed by atoms with Gasteiger partial charge < -0.3 is 19.9 Å². The molecule has 1 saturated carbocycles. The normalized spacial score (nSPS) is 17.3. The van der Waals surface area contributed by atoms with Gasteiger partial charge in [-0.25, -0.2) is 0 Å². The number of aliphatic hydroxyl groups excluding tert-OH is 1. The molecule has 1 fully saturated rings. The third-order valence-electron chi connectivity index (χ3n) is 4.42. The molecule has 2 N–H and O–H groups in total. The van der Waals surface area contributed by atoms with Gasteiger partial charge in [0.05, 0.1) is 7.11 Å². The molecule has 1 aromatic carbocycles. The summed E-state index contributed by atoms with van der Waals surface area (Å²) in [6.45, 7) is 7.33. The van der Waals surface area contributed by atoms with Crippen LogP contribution in [0.5, 0.6) is 11.5 Å². The Morgan fingerprint density at radius 1 is 1.26 bits per heavy atom. The summed E-state index contributed by atoms with van der Waals surface area (Å²) in [5.74, 6) is 1.64. The highest BCUT2D eigenvalue weighted by atomic mass is 16.5. The monoisotopic (exact) mass is 321 g/mol. The lowest BCUT2D eigenvalue weighted by Gasteiger charge is -2.24. The van der Waals surface area contributed by atoms with Crippen LogP contribution in [0.4, 0.5) is 0 Å². The number of ether oxygens (including phenoxy) is 2. The number of benzene rings is 1. The van der Waals surface area contributed by atoms with E-state index < -0.39 is 6.10 Å². The van der Waals surface area contributed by atoms with E-state index in [2.05, 4.69) is 26.1 Å². The Balaban J connectivity index is 1.91. The highest BCUT2D eigenvalue weighted by Gasteiger charge is 2.21. The van der Waals surface area contributed by atoms with Crippen molar-refractivity contribution in [2.75, 3.05) is 20.3 Å². The molecule has 0 aromatic heterocycles. The summed E-state index contributed by atoms with van der Waals surface area (Å²) in [6.07, 6.45) is 4.54. The molecule has 0 heterocycles. The van der Waals surface area contributed by atoms with Gasteiger partial charge in [0.1, 0.15) is 24.2 Å².